The summed E-state index contributed by atoms with van der Waals surface area (Å²) >= 11 is 0. The summed E-state index contributed by atoms with van der Waals surface area (Å²) in [4.78, 5) is 12.4. The minimum absolute atomic E-state index is 0.0512. The van der Waals surface area contributed by atoms with Gasteiger partial charge in [0.25, 0.3) is 0 Å². The molecule has 0 amide bonds. The highest BCUT2D eigenvalue weighted by Gasteiger charge is 2.21. The summed E-state index contributed by atoms with van der Waals surface area (Å²) < 4.78 is 11.6. The smallest absolute Gasteiger partial charge is 0.334 e. The van der Waals surface area contributed by atoms with Crippen molar-refractivity contribution in [3.05, 3.63) is 59.3 Å². The van der Waals surface area contributed by atoms with Crippen LogP contribution in [0.15, 0.2) is 59.3 Å². The maximum Gasteiger partial charge on any atom is 0.334 e. The quantitative estimate of drug-likeness (QED) is 0.151. The standard InChI is InChI=1S/C27H44O4/c1-10-13-23(11-2)27(29)31-25(19(4)5)15-14-20(6)16-22(8)26(30-9)24(12-3)17-21(7)18-28/h10,13-14,16-17,19,24-26,28H,1,11-12,15,18H2,2-9H3/b20-14+,21-17-,22-16+,23-13+/t24-,25+,26-/m1/s1. The van der Waals surface area contributed by atoms with E-state index in [9.17, 15) is 9.90 Å². The molecule has 0 bridgehead atoms. The van der Waals surface area contributed by atoms with Crippen molar-refractivity contribution in [2.45, 2.75) is 79.9 Å². The van der Waals surface area contributed by atoms with Crippen LogP contribution in [0.3, 0.4) is 0 Å². The lowest BCUT2D eigenvalue weighted by atomic mass is 9.91. The SMILES string of the molecule is C=C/C=C(\CC)C(=O)O[C@@H](C/C=C(C)/C=C(\C)[C@@H](OC)[C@@H](/C=C(/C)CO)CC)C(C)C. The van der Waals surface area contributed by atoms with Crippen molar-refractivity contribution < 1.29 is 19.4 Å². The van der Waals surface area contributed by atoms with E-state index in [-0.39, 0.29) is 36.6 Å². The third kappa shape index (κ3) is 10.8. The Hall–Kier alpha value is -1.91. The van der Waals surface area contributed by atoms with Gasteiger partial charge in [-0.15, -0.1) is 0 Å². The van der Waals surface area contributed by atoms with Gasteiger partial charge in [0, 0.05) is 25.0 Å². The van der Waals surface area contributed by atoms with Crippen LogP contribution in [0.5, 0.6) is 0 Å². The van der Waals surface area contributed by atoms with Crippen LogP contribution in [0, 0.1) is 11.8 Å². The fourth-order valence-electron chi connectivity index (χ4n) is 3.48. The molecule has 0 aromatic heterocycles. The molecule has 0 saturated carbocycles. The van der Waals surface area contributed by atoms with Gasteiger partial charge in [-0.2, -0.15) is 0 Å². The van der Waals surface area contributed by atoms with Gasteiger partial charge < -0.3 is 14.6 Å². The zero-order valence-electron chi connectivity index (χ0n) is 20.9. The number of hydrogen-bond donors (Lipinski definition) is 1. The van der Waals surface area contributed by atoms with Crippen LogP contribution in [-0.2, 0) is 14.3 Å². The van der Waals surface area contributed by atoms with E-state index in [4.69, 9.17) is 9.47 Å². The van der Waals surface area contributed by atoms with Gasteiger partial charge >= 0.3 is 5.97 Å². The van der Waals surface area contributed by atoms with Crippen LogP contribution in [0.25, 0.3) is 0 Å². The van der Waals surface area contributed by atoms with Gasteiger partial charge in [0.15, 0.2) is 0 Å². The Labute approximate surface area is 190 Å². The number of esters is 1. The lowest BCUT2D eigenvalue weighted by molar-refractivity contribution is -0.146. The molecular weight excluding hydrogens is 388 g/mol. The zero-order valence-corrected chi connectivity index (χ0v) is 20.9. The van der Waals surface area contributed by atoms with Crippen LogP contribution >= 0.6 is 0 Å². The Bertz CT molecular complexity index is 679. The maximum absolute atomic E-state index is 12.4. The molecule has 0 aromatic rings. The second kappa shape index (κ2) is 15.8. The highest BCUT2D eigenvalue weighted by molar-refractivity contribution is 5.88. The molecule has 1 N–H and O–H groups in total. The molecule has 0 spiro atoms. The second-order valence-corrected chi connectivity index (χ2v) is 8.44. The first-order valence-corrected chi connectivity index (χ1v) is 11.3. The summed E-state index contributed by atoms with van der Waals surface area (Å²) in [5.41, 5.74) is 3.83. The minimum atomic E-state index is -0.268. The number of carbonyl (C=O) groups excluding carboxylic acids is 1. The molecule has 3 atom stereocenters. The Morgan fingerprint density at radius 1 is 1.16 bits per heavy atom. The Balaban J connectivity index is 5.42. The molecular formula is C27H44O4. The molecule has 0 saturated heterocycles. The summed E-state index contributed by atoms with van der Waals surface area (Å²) in [5.74, 6) is 0.146. The van der Waals surface area contributed by atoms with Crippen molar-refractivity contribution in [2.24, 2.45) is 11.8 Å². The predicted octanol–water partition coefficient (Wildman–Crippen LogP) is 6.34. The average Bonchev–Trinajstić information content (AvgIpc) is 2.73. The molecule has 0 fully saturated rings. The largest absolute Gasteiger partial charge is 0.458 e. The number of rotatable bonds is 14. The molecule has 0 aliphatic heterocycles. The Morgan fingerprint density at radius 2 is 1.81 bits per heavy atom. The number of aliphatic hydroxyl groups excluding tert-OH is 1. The van der Waals surface area contributed by atoms with Crippen molar-refractivity contribution in [2.75, 3.05) is 13.7 Å². The van der Waals surface area contributed by atoms with E-state index in [1.165, 1.54) is 0 Å². The Kier molecular flexibility index (Phi) is 14.9. The average molecular weight is 433 g/mol. The minimum Gasteiger partial charge on any atom is -0.458 e. The molecule has 176 valence electrons. The zero-order chi connectivity index (χ0) is 24.0. The van der Waals surface area contributed by atoms with E-state index in [1.807, 2.05) is 13.8 Å². The first-order valence-electron chi connectivity index (χ1n) is 11.3. The lowest BCUT2D eigenvalue weighted by Crippen LogP contribution is -2.24. The van der Waals surface area contributed by atoms with Crippen LogP contribution in [0.2, 0.25) is 0 Å². The van der Waals surface area contributed by atoms with Gasteiger partial charge in [-0.3, -0.25) is 0 Å². The van der Waals surface area contributed by atoms with E-state index < -0.39 is 0 Å². The summed E-state index contributed by atoms with van der Waals surface area (Å²) in [7, 11) is 1.72. The number of carbonyl (C=O) groups is 1. The molecule has 0 aliphatic carbocycles. The van der Waals surface area contributed by atoms with Crippen LogP contribution in [0.4, 0.5) is 0 Å². The molecule has 0 aromatic carbocycles. The predicted molar refractivity (Wildman–Crippen MR) is 131 cm³/mol. The van der Waals surface area contributed by atoms with E-state index in [2.05, 4.69) is 59.4 Å². The summed E-state index contributed by atoms with van der Waals surface area (Å²) in [6.45, 7) is 18.0. The van der Waals surface area contributed by atoms with Crippen LogP contribution in [-0.4, -0.2) is 37.0 Å². The van der Waals surface area contributed by atoms with E-state index in [0.29, 0.717) is 18.4 Å². The van der Waals surface area contributed by atoms with Crippen molar-refractivity contribution in [3.63, 3.8) is 0 Å². The van der Waals surface area contributed by atoms with Crippen LogP contribution < -0.4 is 0 Å². The van der Waals surface area contributed by atoms with Crippen molar-refractivity contribution in [1.29, 1.82) is 0 Å². The third-order valence-electron chi connectivity index (χ3n) is 5.40. The second-order valence-electron chi connectivity index (χ2n) is 8.44. The number of ether oxygens (including phenoxy) is 2. The monoisotopic (exact) mass is 432 g/mol. The van der Waals surface area contributed by atoms with Crippen molar-refractivity contribution in [1.82, 2.24) is 0 Å². The molecule has 0 aliphatic rings. The van der Waals surface area contributed by atoms with Gasteiger partial charge in [-0.05, 0) is 45.1 Å². The van der Waals surface area contributed by atoms with Gasteiger partial charge in [-0.25, -0.2) is 4.79 Å². The van der Waals surface area contributed by atoms with Crippen molar-refractivity contribution in [3.8, 4) is 0 Å². The molecule has 4 nitrogen and oxygen atoms in total. The van der Waals surface area contributed by atoms with Gasteiger partial charge in [0.05, 0.1) is 12.7 Å². The first-order chi connectivity index (χ1) is 14.6. The number of methoxy groups -OCH3 is 1. The molecule has 4 heteroatoms. The molecule has 0 heterocycles. The highest BCUT2D eigenvalue weighted by Crippen LogP contribution is 2.24. The number of allylic oxidation sites excluding steroid dienone is 4. The fraction of sp³-hybridized carbons (Fsp3) is 0.593. The molecule has 0 radical (unpaired) electrons. The van der Waals surface area contributed by atoms with E-state index in [1.54, 1.807) is 19.3 Å². The van der Waals surface area contributed by atoms with Crippen LogP contribution in [0.1, 0.15) is 67.7 Å². The Morgan fingerprint density at radius 3 is 2.26 bits per heavy atom. The maximum atomic E-state index is 12.4. The van der Waals surface area contributed by atoms with Gasteiger partial charge in [0.1, 0.15) is 6.10 Å². The summed E-state index contributed by atoms with van der Waals surface area (Å²) in [5, 5.41) is 9.35. The van der Waals surface area contributed by atoms with Crippen molar-refractivity contribution >= 4 is 5.97 Å². The molecule has 0 rings (SSSR count). The summed E-state index contributed by atoms with van der Waals surface area (Å²) in [6.07, 6.45) is 11.6. The summed E-state index contributed by atoms with van der Waals surface area (Å²) in [6, 6.07) is 0. The number of aliphatic hydroxyl groups is 1. The normalized spacial score (nSPS) is 16.8. The topological polar surface area (TPSA) is 55.8 Å². The third-order valence-corrected chi connectivity index (χ3v) is 5.40. The fourth-order valence-corrected chi connectivity index (χ4v) is 3.48. The lowest BCUT2D eigenvalue weighted by Gasteiger charge is -2.24. The highest BCUT2D eigenvalue weighted by atomic mass is 16.5. The molecule has 0 unspecified atom stereocenters. The van der Waals surface area contributed by atoms with E-state index >= 15 is 0 Å². The van der Waals surface area contributed by atoms with Gasteiger partial charge in [-0.1, -0.05) is 75.8 Å². The first kappa shape index (κ1) is 29.1. The molecule has 31 heavy (non-hydrogen) atoms. The number of hydrogen-bond acceptors (Lipinski definition) is 4. The van der Waals surface area contributed by atoms with Gasteiger partial charge in [0.2, 0.25) is 0 Å². The van der Waals surface area contributed by atoms with E-state index in [0.717, 1.165) is 23.1 Å².